The Hall–Kier alpha value is -2.00. The van der Waals surface area contributed by atoms with Gasteiger partial charge in [-0.1, -0.05) is 30.3 Å². The molecule has 0 bridgehead atoms. The molecule has 1 heterocycles. The highest BCUT2D eigenvalue weighted by atomic mass is 16.8. The summed E-state index contributed by atoms with van der Waals surface area (Å²) in [6, 6.07) is 9.19. The molecule has 0 radical (unpaired) electrons. The van der Waals surface area contributed by atoms with Crippen LogP contribution in [0.4, 0.5) is 0 Å². The van der Waals surface area contributed by atoms with E-state index < -0.39 is 49.3 Å². The van der Waals surface area contributed by atoms with Gasteiger partial charge in [0.15, 0.2) is 6.10 Å². The zero-order chi connectivity index (χ0) is 18.4. The summed E-state index contributed by atoms with van der Waals surface area (Å²) in [6.07, 6.45) is -3.44. The van der Waals surface area contributed by atoms with Gasteiger partial charge in [0.05, 0.1) is 19.8 Å². The summed E-state index contributed by atoms with van der Waals surface area (Å²) in [5.41, 5.74) is -0.737. The molecule has 0 aromatic heterocycles. The van der Waals surface area contributed by atoms with Crippen molar-refractivity contribution in [2.24, 2.45) is 0 Å². The minimum Gasteiger partial charge on any atom is -0.453 e. The molecule has 1 fully saturated rings. The summed E-state index contributed by atoms with van der Waals surface area (Å²) in [4.78, 5) is 22.7. The Morgan fingerprint density at radius 2 is 1.68 bits per heavy atom. The number of ether oxygens (including phenoxy) is 4. The molecule has 8 nitrogen and oxygen atoms in total. The number of rotatable bonds is 7. The number of esters is 2. The van der Waals surface area contributed by atoms with E-state index in [-0.39, 0.29) is 6.61 Å². The van der Waals surface area contributed by atoms with Gasteiger partial charge in [-0.15, -0.1) is 0 Å². The first-order chi connectivity index (χ1) is 11.9. The fraction of sp³-hybridized carbons (Fsp3) is 0.529. The van der Waals surface area contributed by atoms with Gasteiger partial charge >= 0.3 is 11.9 Å². The Kier molecular flexibility index (Phi) is 6.49. The molecule has 2 N–H and O–H groups in total. The Labute approximate surface area is 145 Å². The lowest BCUT2D eigenvalue weighted by atomic mass is 9.96. The van der Waals surface area contributed by atoms with E-state index in [4.69, 9.17) is 18.9 Å². The zero-order valence-corrected chi connectivity index (χ0v) is 14.1. The van der Waals surface area contributed by atoms with Crippen molar-refractivity contribution in [3.8, 4) is 0 Å². The van der Waals surface area contributed by atoms with Crippen molar-refractivity contribution in [3.05, 3.63) is 35.9 Å². The van der Waals surface area contributed by atoms with Crippen LogP contribution < -0.4 is 0 Å². The molecule has 1 aromatic carbocycles. The SMILES string of the molecule is CC(=O)OC1OC(CO)(CO)C(OCc2ccccc2)C1OC(C)=O. The monoisotopic (exact) mass is 354 g/mol. The molecule has 0 amide bonds. The number of aliphatic hydroxyl groups excluding tert-OH is 2. The van der Waals surface area contributed by atoms with Crippen LogP contribution in [0.25, 0.3) is 0 Å². The van der Waals surface area contributed by atoms with Crippen molar-refractivity contribution in [1.29, 1.82) is 0 Å². The largest absolute Gasteiger partial charge is 0.453 e. The van der Waals surface area contributed by atoms with Gasteiger partial charge in [-0.2, -0.15) is 0 Å². The van der Waals surface area contributed by atoms with Crippen molar-refractivity contribution in [3.63, 3.8) is 0 Å². The number of hydrogen-bond acceptors (Lipinski definition) is 8. The summed E-state index contributed by atoms with van der Waals surface area (Å²) >= 11 is 0. The number of carbonyl (C=O) groups is 2. The molecular weight excluding hydrogens is 332 g/mol. The van der Waals surface area contributed by atoms with Crippen molar-refractivity contribution in [1.82, 2.24) is 0 Å². The van der Waals surface area contributed by atoms with Gasteiger partial charge in [-0.05, 0) is 5.56 Å². The van der Waals surface area contributed by atoms with Gasteiger partial charge in [0, 0.05) is 13.8 Å². The molecule has 3 unspecified atom stereocenters. The quantitative estimate of drug-likeness (QED) is 0.666. The van der Waals surface area contributed by atoms with E-state index in [0.717, 1.165) is 5.56 Å². The van der Waals surface area contributed by atoms with Crippen molar-refractivity contribution < 1.29 is 38.7 Å². The molecule has 0 aliphatic carbocycles. The second-order valence-corrected chi connectivity index (χ2v) is 5.77. The first-order valence-electron chi connectivity index (χ1n) is 7.81. The molecule has 1 aliphatic heterocycles. The molecule has 1 aromatic rings. The fourth-order valence-electron chi connectivity index (χ4n) is 2.68. The Bertz CT molecular complexity index is 584. The average molecular weight is 354 g/mol. The first kappa shape index (κ1) is 19.3. The Morgan fingerprint density at radius 3 is 2.20 bits per heavy atom. The normalized spacial score (nSPS) is 24.7. The van der Waals surface area contributed by atoms with E-state index in [1.54, 1.807) is 0 Å². The van der Waals surface area contributed by atoms with Crippen LogP contribution in [0.5, 0.6) is 0 Å². The van der Waals surface area contributed by atoms with Crippen molar-refractivity contribution in [2.45, 2.75) is 44.6 Å². The van der Waals surface area contributed by atoms with Gasteiger partial charge < -0.3 is 29.2 Å². The van der Waals surface area contributed by atoms with Crippen LogP contribution in [0.1, 0.15) is 19.4 Å². The van der Waals surface area contributed by atoms with Gasteiger partial charge in [0.1, 0.15) is 11.7 Å². The van der Waals surface area contributed by atoms with Crippen LogP contribution in [-0.4, -0.2) is 59.5 Å². The van der Waals surface area contributed by atoms with Crippen LogP contribution in [-0.2, 0) is 35.1 Å². The number of benzene rings is 1. The second-order valence-electron chi connectivity index (χ2n) is 5.77. The van der Waals surface area contributed by atoms with Gasteiger partial charge in [0.2, 0.25) is 6.29 Å². The third kappa shape index (κ3) is 4.55. The van der Waals surface area contributed by atoms with Crippen molar-refractivity contribution in [2.75, 3.05) is 13.2 Å². The lowest BCUT2D eigenvalue weighted by Crippen LogP contribution is -2.51. The predicted octanol–water partition coefficient (Wildman–Crippen LogP) is 0.146. The smallest absolute Gasteiger partial charge is 0.305 e. The standard InChI is InChI=1S/C17H22O8/c1-11(20)23-14-15(22-8-13-6-4-3-5-7-13)17(9-18,10-19)25-16(14)24-12(2)21/h3-7,14-16,18-19H,8-10H2,1-2H3. The van der Waals surface area contributed by atoms with Crippen LogP contribution >= 0.6 is 0 Å². The zero-order valence-electron chi connectivity index (χ0n) is 14.1. The Morgan fingerprint density at radius 1 is 1.08 bits per heavy atom. The summed E-state index contributed by atoms with van der Waals surface area (Å²) in [7, 11) is 0. The topological polar surface area (TPSA) is 112 Å². The van der Waals surface area contributed by atoms with Crippen LogP contribution in [0.15, 0.2) is 30.3 Å². The van der Waals surface area contributed by atoms with E-state index in [1.165, 1.54) is 13.8 Å². The van der Waals surface area contributed by atoms with E-state index >= 15 is 0 Å². The molecule has 0 saturated carbocycles. The molecule has 2 rings (SSSR count). The highest BCUT2D eigenvalue weighted by Gasteiger charge is 2.59. The third-order valence-corrected chi connectivity index (χ3v) is 3.83. The molecule has 25 heavy (non-hydrogen) atoms. The van der Waals surface area contributed by atoms with Crippen LogP contribution in [0, 0.1) is 0 Å². The average Bonchev–Trinajstić information content (AvgIpc) is 2.86. The molecule has 0 spiro atoms. The highest BCUT2D eigenvalue weighted by Crippen LogP contribution is 2.36. The van der Waals surface area contributed by atoms with Crippen LogP contribution in [0.3, 0.4) is 0 Å². The van der Waals surface area contributed by atoms with E-state index in [0.29, 0.717) is 0 Å². The number of hydrogen-bond donors (Lipinski definition) is 2. The van der Waals surface area contributed by atoms with Crippen LogP contribution in [0.2, 0.25) is 0 Å². The predicted molar refractivity (Wildman–Crippen MR) is 84.1 cm³/mol. The molecular formula is C17H22O8. The number of carbonyl (C=O) groups excluding carboxylic acids is 2. The molecule has 1 aliphatic rings. The third-order valence-electron chi connectivity index (χ3n) is 3.83. The van der Waals surface area contributed by atoms with Gasteiger partial charge in [-0.25, -0.2) is 0 Å². The fourth-order valence-corrected chi connectivity index (χ4v) is 2.68. The Balaban J connectivity index is 2.26. The van der Waals surface area contributed by atoms with Gasteiger partial charge in [0.25, 0.3) is 0 Å². The van der Waals surface area contributed by atoms with E-state index in [1.807, 2.05) is 30.3 Å². The highest BCUT2D eigenvalue weighted by molar-refractivity contribution is 5.67. The molecule has 138 valence electrons. The maximum absolute atomic E-state index is 11.4. The maximum atomic E-state index is 11.4. The minimum atomic E-state index is -1.57. The summed E-state index contributed by atoms with van der Waals surface area (Å²) in [5, 5.41) is 19.5. The summed E-state index contributed by atoms with van der Waals surface area (Å²) < 4.78 is 21.5. The summed E-state index contributed by atoms with van der Waals surface area (Å²) in [6.45, 7) is 1.26. The lowest BCUT2D eigenvalue weighted by molar-refractivity contribution is -0.214. The molecule has 8 heteroatoms. The lowest BCUT2D eigenvalue weighted by Gasteiger charge is -2.31. The maximum Gasteiger partial charge on any atom is 0.305 e. The van der Waals surface area contributed by atoms with Crippen molar-refractivity contribution >= 4 is 11.9 Å². The first-order valence-corrected chi connectivity index (χ1v) is 7.81. The molecule has 3 atom stereocenters. The molecule has 1 saturated heterocycles. The van der Waals surface area contributed by atoms with E-state index in [9.17, 15) is 19.8 Å². The van der Waals surface area contributed by atoms with Gasteiger partial charge in [-0.3, -0.25) is 9.59 Å². The summed E-state index contributed by atoms with van der Waals surface area (Å²) in [5.74, 6) is -1.29. The van der Waals surface area contributed by atoms with E-state index in [2.05, 4.69) is 0 Å². The number of aliphatic hydroxyl groups is 2. The second kappa shape index (κ2) is 8.39. The minimum absolute atomic E-state index is 0.126.